The van der Waals surface area contributed by atoms with E-state index in [1.165, 1.54) is 22.0 Å². The number of rotatable bonds is 7. The summed E-state index contributed by atoms with van der Waals surface area (Å²) in [5, 5.41) is 1.25. The second kappa shape index (κ2) is 9.07. The molecule has 26 heavy (non-hydrogen) atoms. The molecule has 2 nitrogen and oxygen atoms in total. The summed E-state index contributed by atoms with van der Waals surface area (Å²) in [4.78, 5) is 2.21. The highest BCUT2D eigenvalue weighted by Gasteiger charge is 2.07. The van der Waals surface area contributed by atoms with E-state index in [9.17, 15) is 0 Å². The van der Waals surface area contributed by atoms with Crippen LogP contribution in [0.3, 0.4) is 0 Å². The molecule has 134 valence electrons. The highest BCUT2D eigenvalue weighted by molar-refractivity contribution is 6.18. The van der Waals surface area contributed by atoms with Gasteiger partial charge in [-0.25, -0.2) is 4.57 Å². The van der Waals surface area contributed by atoms with Crippen molar-refractivity contribution in [2.75, 3.05) is 29.7 Å². The highest BCUT2D eigenvalue weighted by Crippen LogP contribution is 2.20. The molecule has 3 rings (SSSR count). The lowest BCUT2D eigenvalue weighted by Crippen LogP contribution is -2.28. The summed E-state index contributed by atoms with van der Waals surface area (Å²) in [6.45, 7) is 1.60. The molecule has 0 aliphatic carbocycles. The normalized spacial score (nSPS) is 11.3. The van der Waals surface area contributed by atoms with E-state index in [0.717, 1.165) is 18.8 Å². The maximum absolute atomic E-state index is 5.89. The molecule has 0 spiro atoms. The number of pyridine rings is 1. The van der Waals surface area contributed by atoms with Crippen molar-refractivity contribution < 1.29 is 4.57 Å². The van der Waals surface area contributed by atoms with E-state index in [2.05, 4.69) is 89.5 Å². The largest absolute Gasteiger partial charge is 0.369 e. The van der Waals surface area contributed by atoms with Gasteiger partial charge in [0.15, 0.2) is 6.20 Å². The molecule has 0 N–H and O–H groups in total. The quantitative estimate of drug-likeness (QED) is 0.404. The summed E-state index contributed by atoms with van der Waals surface area (Å²) in [5.41, 5.74) is 4.76. The van der Waals surface area contributed by atoms with Gasteiger partial charge in [-0.2, -0.15) is 0 Å². The van der Waals surface area contributed by atoms with Gasteiger partial charge in [-0.15, -0.1) is 23.2 Å². The minimum Gasteiger partial charge on any atom is -0.369 e. The van der Waals surface area contributed by atoms with E-state index >= 15 is 0 Å². The number of alkyl halides is 2. The van der Waals surface area contributed by atoms with Crippen LogP contribution in [-0.2, 0) is 7.05 Å². The third-order valence-electron chi connectivity index (χ3n) is 4.50. The molecule has 1 aromatic heterocycles. The molecular weight excluding hydrogens is 363 g/mol. The molecule has 0 saturated heterocycles. The predicted molar refractivity (Wildman–Crippen MR) is 114 cm³/mol. The number of anilines is 1. The van der Waals surface area contributed by atoms with Crippen LogP contribution in [-0.4, -0.2) is 24.8 Å². The fraction of sp³-hybridized carbons (Fsp3) is 0.227. The van der Waals surface area contributed by atoms with Crippen LogP contribution >= 0.6 is 23.2 Å². The molecule has 0 saturated carbocycles. The Bertz CT molecular complexity index is 882. The Labute approximate surface area is 165 Å². The van der Waals surface area contributed by atoms with Crippen molar-refractivity contribution >= 4 is 51.9 Å². The van der Waals surface area contributed by atoms with Crippen molar-refractivity contribution in [1.29, 1.82) is 0 Å². The van der Waals surface area contributed by atoms with Crippen LogP contribution in [0.4, 0.5) is 5.69 Å². The first kappa shape index (κ1) is 18.8. The number of halogens is 2. The molecule has 0 bridgehead atoms. The monoisotopic (exact) mass is 385 g/mol. The number of para-hydroxylation sites is 1. The molecule has 0 aliphatic rings. The summed E-state index contributed by atoms with van der Waals surface area (Å²) in [5.74, 6) is 1.19. The molecule has 0 aliphatic heterocycles. The lowest BCUT2D eigenvalue weighted by molar-refractivity contribution is -0.644. The molecule has 4 heteroatoms. The number of nitrogens with zero attached hydrogens (tertiary/aromatic N) is 2. The van der Waals surface area contributed by atoms with Crippen LogP contribution in [0.2, 0.25) is 0 Å². The van der Waals surface area contributed by atoms with Gasteiger partial charge < -0.3 is 4.90 Å². The zero-order valence-electron chi connectivity index (χ0n) is 14.9. The summed E-state index contributed by atoms with van der Waals surface area (Å²) >= 11 is 11.8. The fourth-order valence-electron chi connectivity index (χ4n) is 3.09. The Balaban J connectivity index is 1.82. The molecule has 1 heterocycles. The zero-order valence-corrected chi connectivity index (χ0v) is 16.4. The average molecular weight is 386 g/mol. The molecule has 0 radical (unpaired) electrons. The van der Waals surface area contributed by atoms with Crippen LogP contribution < -0.4 is 9.47 Å². The first-order chi connectivity index (χ1) is 12.7. The van der Waals surface area contributed by atoms with Gasteiger partial charge in [0.25, 0.3) is 0 Å². The van der Waals surface area contributed by atoms with Gasteiger partial charge in [-0.3, -0.25) is 0 Å². The van der Waals surface area contributed by atoms with Crippen molar-refractivity contribution in [3.05, 3.63) is 71.9 Å². The van der Waals surface area contributed by atoms with E-state index in [-0.39, 0.29) is 0 Å². The van der Waals surface area contributed by atoms with Crippen molar-refractivity contribution in [3.8, 4) is 0 Å². The van der Waals surface area contributed by atoms with Crippen molar-refractivity contribution in [2.45, 2.75) is 0 Å². The molecular formula is C22H23Cl2N2+. The topological polar surface area (TPSA) is 7.12 Å². The van der Waals surface area contributed by atoms with Crippen LogP contribution in [0.25, 0.3) is 23.1 Å². The van der Waals surface area contributed by atoms with Crippen LogP contribution in [0.5, 0.6) is 0 Å². The van der Waals surface area contributed by atoms with E-state index in [1.54, 1.807) is 0 Å². The first-order valence-electron chi connectivity index (χ1n) is 8.75. The van der Waals surface area contributed by atoms with E-state index in [1.807, 2.05) is 0 Å². The SMILES string of the molecule is C[n+]1ccc(C=Cc2ccc(N(CCCl)CCCl)cc2)c2ccccc21. The molecule has 2 aromatic carbocycles. The summed E-state index contributed by atoms with van der Waals surface area (Å²) < 4.78 is 2.14. The van der Waals surface area contributed by atoms with Gasteiger partial charge in [0.1, 0.15) is 7.05 Å². The lowest BCUT2D eigenvalue weighted by atomic mass is 10.1. The van der Waals surface area contributed by atoms with Gasteiger partial charge in [-0.05, 0) is 29.3 Å². The third kappa shape index (κ3) is 4.38. The van der Waals surface area contributed by atoms with Gasteiger partial charge >= 0.3 is 0 Å². The van der Waals surface area contributed by atoms with E-state index < -0.39 is 0 Å². The Morgan fingerprint density at radius 2 is 1.58 bits per heavy atom. The van der Waals surface area contributed by atoms with Crippen molar-refractivity contribution in [2.24, 2.45) is 7.05 Å². The smallest absolute Gasteiger partial charge is 0.212 e. The maximum Gasteiger partial charge on any atom is 0.212 e. The number of aryl methyl sites for hydroxylation is 1. The number of benzene rings is 2. The lowest BCUT2D eigenvalue weighted by Gasteiger charge is -2.22. The van der Waals surface area contributed by atoms with Crippen LogP contribution in [0.1, 0.15) is 11.1 Å². The standard InChI is InChI=1S/C22H23Cl2N2/c1-25-15-12-19(21-4-2-3-5-22(21)25)9-6-18-7-10-20(11-8-18)26(16-13-23)17-14-24/h2-12,15H,13-14,16-17H2,1H3/q+1. The Hall–Kier alpha value is -2.03. The summed E-state index contributed by atoms with van der Waals surface area (Å²) in [6, 6.07) is 19.1. The molecule has 3 aromatic rings. The highest BCUT2D eigenvalue weighted by atomic mass is 35.5. The van der Waals surface area contributed by atoms with E-state index in [0.29, 0.717) is 11.8 Å². The van der Waals surface area contributed by atoms with Crippen molar-refractivity contribution in [1.82, 2.24) is 0 Å². The van der Waals surface area contributed by atoms with Crippen molar-refractivity contribution in [3.63, 3.8) is 0 Å². The number of hydrogen-bond acceptors (Lipinski definition) is 1. The molecule has 0 fully saturated rings. The van der Waals surface area contributed by atoms with Gasteiger partial charge in [-0.1, -0.05) is 36.4 Å². The fourth-order valence-corrected chi connectivity index (χ4v) is 3.50. The minimum absolute atomic E-state index is 0.594. The van der Waals surface area contributed by atoms with Crippen LogP contribution in [0, 0.1) is 0 Å². The Morgan fingerprint density at radius 3 is 2.27 bits per heavy atom. The van der Waals surface area contributed by atoms with Gasteiger partial charge in [0.05, 0.1) is 5.39 Å². The Morgan fingerprint density at radius 1 is 0.885 bits per heavy atom. The second-order valence-corrected chi connectivity index (χ2v) is 6.94. The maximum atomic E-state index is 5.89. The molecule has 0 atom stereocenters. The average Bonchev–Trinajstić information content (AvgIpc) is 2.68. The number of fused-ring (bicyclic) bond motifs is 1. The first-order valence-corrected chi connectivity index (χ1v) is 9.82. The molecule has 0 unspecified atom stereocenters. The Kier molecular flexibility index (Phi) is 6.54. The number of aromatic nitrogens is 1. The molecule has 0 amide bonds. The second-order valence-electron chi connectivity index (χ2n) is 6.19. The predicted octanol–water partition coefficient (Wildman–Crippen LogP) is 5.12. The number of hydrogen-bond donors (Lipinski definition) is 0. The van der Waals surface area contributed by atoms with E-state index in [4.69, 9.17) is 23.2 Å². The zero-order chi connectivity index (χ0) is 18.4. The third-order valence-corrected chi connectivity index (χ3v) is 4.83. The summed E-state index contributed by atoms with van der Waals surface area (Å²) in [6.07, 6.45) is 6.42. The van der Waals surface area contributed by atoms with Crippen LogP contribution in [0.15, 0.2) is 60.8 Å². The summed E-state index contributed by atoms with van der Waals surface area (Å²) in [7, 11) is 2.07. The van der Waals surface area contributed by atoms with Gasteiger partial charge in [0, 0.05) is 42.7 Å². The van der Waals surface area contributed by atoms with Gasteiger partial charge in [0.2, 0.25) is 5.52 Å². The minimum atomic E-state index is 0.594.